The zero-order valence-electron chi connectivity index (χ0n) is 16.9. The minimum Gasteiger partial charge on any atom is -0.444 e. The first kappa shape index (κ1) is 21.8. The molecule has 0 N–H and O–H groups in total. The van der Waals surface area contributed by atoms with Gasteiger partial charge in [-0.15, -0.1) is 21.5 Å². The molecule has 11 heteroatoms. The smallest absolute Gasteiger partial charge is 0.277 e. The molecule has 4 aromatic rings. The highest BCUT2D eigenvalue weighted by Crippen LogP contribution is 2.29. The number of hydrogen-bond donors (Lipinski definition) is 0. The summed E-state index contributed by atoms with van der Waals surface area (Å²) in [5, 5.41) is 10.5. The van der Waals surface area contributed by atoms with Crippen LogP contribution in [0.15, 0.2) is 67.0 Å². The number of oxazole rings is 1. The Morgan fingerprint density at radius 1 is 1.10 bits per heavy atom. The van der Waals surface area contributed by atoms with Gasteiger partial charge in [-0.3, -0.25) is 0 Å². The first-order valence-electron chi connectivity index (χ1n) is 9.56. The van der Waals surface area contributed by atoms with Crippen LogP contribution in [0.2, 0.25) is 0 Å². The van der Waals surface area contributed by atoms with Gasteiger partial charge in [0.1, 0.15) is 6.26 Å². The fourth-order valence-corrected chi connectivity index (χ4v) is 5.71. The van der Waals surface area contributed by atoms with Crippen molar-refractivity contribution in [3.63, 3.8) is 0 Å². The van der Waals surface area contributed by atoms with Gasteiger partial charge >= 0.3 is 0 Å². The van der Waals surface area contributed by atoms with Gasteiger partial charge < -0.3 is 8.83 Å². The predicted molar refractivity (Wildman–Crippen MR) is 119 cm³/mol. The molecule has 8 nitrogen and oxygen atoms in total. The fourth-order valence-electron chi connectivity index (χ4n) is 2.91. The lowest BCUT2D eigenvalue weighted by Gasteiger charge is -2.18. The van der Waals surface area contributed by atoms with Crippen LogP contribution in [0, 0.1) is 0 Å². The molecule has 0 saturated carbocycles. The van der Waals surface area contributed by atoms with Crippen molar-refractivity contribution in [1.29, 1.82) is 0 Å². The highest BCUT2D eigenvalue weighted by molar-refractivity contribution is 7.98. The van der Waals surface area contributed by atoms with Gasteiger partial charge in [0.25, 0.3) is 5.22 Å². The molecule has 162 valence electrons. The highest BCUT2D eigenvalue weighted by Gasteiger charge is 2.22. The van der Waals surface area contributed by atoms with Crippen LogP contribution in [0.25, 0.3) is 22.2 Å². The summed E-state index contributed by atoms with van der Waals surface area (Å²) < 4.78 is 38.2. The van der Waals surface area contributed by atoms with E-state index in [1.54, 1.807) is 41.9 Å². The van der Waals surface area contributed by atoms with Crippen LogP contribution < -0.4 is 0 Å². The topological polar surface area (TPSA) is 102 Å². The second-order valence-corrected chi connectivity index (χ2v) is 10.2. The first-order valence-corrected chi connectivity index (χ1v) is 12.9. The van der Waals surface area contributed by atoms with E-state index in [1.165, 1.54) is 16.1 Å². The van der Waals surface area contributed by atoms with E-state index in [2.05, 4.69) is 15.2 Å². The Morgan fingerprint density at radius 3 is 2.68 bits per heavy atom. The lowest BCUT2D eigenvalue weighted by molar-refractivity contribution is 0.445. The van der Waals surface area contributed by atoms with Gasteiger partial charge in [-0.05, 0) is 29.6 Å². The zero-order chi connectivity index (χ0) is 21.8. The van der Waals surface area contributed by atoms with Crippen molar-refractivity contribution in [2.24, 2.45) is 0 Å². The van der Waals surface area contributed by atoms with Crippen molar-refractivity contribution < 1.29 is 17.3 Å². The Hall–Kier alpha value is -2.47. The average Bonchev–Trinajstić information content (AvgIpc) is 3.54. The lowest BCUT2D eigenvalue weighted by atomic mass is 10.2. The number of rotatable bonds is 9. The Morgan fingerprint density at radius 2 is 1.94 bits per heavy atom. The molecule has 0 amide bonds. The number of aromatic nitrogens is 3. The summed E-state index contributed by atoms with van der Waals surface area (Å²) in [6.07, 6.45) is 1.61. The quantitative estimate of drug-likeness (QED) is 0.318. The highest BCUT2D eigenvalue weighted by atomic mass is 32.2. The molecule has 0 fully saturated rings. The van der Waals surface area contributed by atoms with E-state index < -0.39 is 10.0 Å². The normalized spacial score (nSPS) is 12.0. The number of nitrogens with zero attached hydrogens (tertiary/aromatic N) is 4. The molecule has 0 bridgehead atoms. The van der Waals surface area contributed by atoms with E-state index in [9.17, 15) is 8.42 Å². The van der Waals surface area contributed by atoms with Crippen LogP contribution in [-0.4, -0.2) is 41.0 Å². The monoisotopic (exact) mass is 476 g/mol. The van der Waals surface area contributed by atoms with Crippen molar-refractivity contribution in [2.75, 3.05) is 13.1 Å². The zero-order valence-corrected chi connectivity index (χ0v) is 19.3. The third-order valence-electron chi connectivity index (χ3n) is 4.46. The number of benzene rings is 1. The number of thiophene rings is 1. The molecule has 0 aliphatic carbocycles. The van der Waals surface area contributed by atoms with Gasteiger partial charge in [0.15, 0.2) is 0 Å². The standard InChI is InChI=1S/C20H20N4O4S3/c1-3-24(4-2)31(25,26)16-8-5-7-14(11-16)18-22-23-20(28-18)30-13-15-12-27-19(21-15)17-9-6-10-29-17/h5-12H,3-4,13H2,1-2H3. The second-order valence-electron chi connectivity index (χ2n) is 6.40. The van der Waals surface area contributed by atoms with Gasteiger partial charge in [-0.25, -0.2) is 13.4 Å². The maximum Gasteiger partial charge on any atom is 0.277 e. The van der Waals surface area contributed by atoms with E-state index in [0.29, 0.717) is 35.5 Å². The molecular formula is C20H20N4O4S3. The molecule has 0 aliphatic rings. The maximum absolute atomic E-state index is 12.8. The summed E-state index contributed by atoms with van der Waals surface area (Å²) >= 11 is 2.90. The van der Waals surface area contributed by atoms with Crippen LogP contribution in [0.4, 0.5) is 0 Å². The van der Waals surface area contributed by atoms with Crippen molar-refractivity contribution in [3.05, 3.63) is 53.7 Å². The Balaban J connectivity index is 1.47. The van der Waals surface area contributed by atoms with E-state index >= 15 is 0 Å². The van der Waals surface area contributed by atoms with Gasteiger partial charge in [0.2, 0.25) is 21.8 Å². The van der Waals surface area contributed by atoms with E-state index in [1.807, 2.05) is 31.4 Å². The number of hydrogen-bond acceptors (Lipinski definition) is 9. The molecule has 31 heavy (non-hydrogen) atoms. The third kappa shape index (κ3) is 4.74. The van der Waals surface area contributed by atoms with Crippen LogP contribution in [-0.2, 0) is 15.8 Å². The molecule has 0 spiro atoms. The largest absolute Gasteiger partial charge is 0.444 e. The summed E-state index contributed by atoms with van der Waals surface area (Å²) in [5.74, 6) is 1.36. The molecule has 0 atom stereocenters. The summed E-state index contributed by atoms with van der Waals surface area (Å²) in [6, 6.07) is 10.4. The summed E-state index contributed by atoms with van der Waals surface area (Å²) in [4.78, 5) is 5.63. The Bertz CT molecular complexity index is 1240. The Kier molecular flexibility index (Phi) is 6.56. The van der Waals surface area contributed by atoms with Crippen LogP contribution in [0.1, 0.15) is 19.5 Å². The molecule has 4 rings (SSSR count). The van der Waals surface area contributed by atoms with Gasteiger partial charge in [0.05, 0.1) is 15.5 Å². The molecule has 3 heterocycles. The summed E-state index contributed by atoms with van der Waals surface area (Å²) in [7, 11) is -3.57. The van der Waals surface area contributed by atoms with Crippen LogP contribution in [0.5, 0.6) is 0 Å². The van der Waals surface area contributed by atoms with E-state index in [0.717, 1.165) is 10.6 Å². The molecule has 3 aromatic heterocycles. The summed E-state index contributed by atoms with van der Waals surface area (Å²) in [5.41, 5.74) is 1.31. The maximum atomic E-state index is 12.8. The van der Waals surface area contributed by atoms with Gasteiger partial charge in [-0.1, -0.05) is 37.7 Å². The molecule has 1 aromatic carbocycles. The minimum atomic E-state index is -3.57. The van der Waals surface area contributed by atoms with Crippen LogP contribution in [0.3, 0.4) is 0 Å². The van der Waals surface area contributed by atoms with Gasteiger partial charge in [-0.2, -0.15) is 4.31 Å². The minimum absolute atomic E-state index is 0.199. The molecule has 0 saturated heterocycles. The Labute approximate surface area is 188 Å². The van der Waals surface area contributed by atoms with Gasteiger partial charge in [0, 0.05) is 24.4 Å². The first-order chi connectivity index (χ1) is 15.0. The van der Waals surface area contributed by atoms with Crippen molar-refractivity contribution in [1.82, 2.24) is 19.5 Å². The number of thioether (sulfide) groups is 1. The van der Waals surface area contributed by atoms with E-state index in [4.69, 9.17) is 8.83 Å². The molecule has 0 unspecified atom stereocenters. The van der Waals surface area contributed by atoms with E-state index in [-0.39, 0.29) is 10.8 Å². The summed E-state index contributed by atoms with van der Waals surface area (Å²) in [6.45, 7) is 4.43. The second kappa shape index (κ2) is 9.35. The van der Waals surface area contributed by atoms with Crippen molar-refractivity contribution in [2.45, 2.75) is 29.7 Å². The van der Waals surface area contributed by atoms with Crippen molar-refractivity contribution >= 4 is 33.1 Å². The predicted octanol–water partition coefficient (Wildman–Crippen LogP) is 4.78. The fraction of sp³-hybridized carbons (Fsp3) is 0.250. The molecule has 0 radical (unpaired) electrons. The molecular weight excluding hydrogens is 456 g/mol. The number of sulfonamides is 1. The average molecular weight is 477 g/mol. The SMILES string of the molecule is CCN(CC)S(=O)(=O)c1cccc(-c2nnc(SCc3coc(-c4cccs4)n3)o2)c1. The lowest BCUT2D eigenvalue weighted by Crippen LogP contribution is -2.30. The third-order valence-corrected chi connectivity index (χ3v) is 8.21. The molecule has 0 aliphatic heterocycles. The van der Waals surface area contributed by atoms with Crippen LogP contribution >= 0.6 is 23.1 Å². The van der Waals surface area contributed by atoms with Crippen molar-refractivity contribution in [3.8, 4) is 22.2 Å².